The third-order valence-electron chi connectivity index (χ3n) is 9.85. The fourth-order valence-electron chi connectivity index (χ4n) is 7.23. The van der Waals surface area contributed by atoms with E-state index in [4.69, 9.17) is 20.0 Å². The molecule has 0 saturated carbocycles. The molecule has 51 heavy (non-hydrogen) atoms. The summed E-state index contributed by atoms with van der Waals surface area (Å²) in [6.07, 6.45) is 20.5. The highest BCUT2D eigenvalue weighted by Gasteiger charge is 2.32. The molecule has 0 radical (unpaired) electrons. The van der Waals surface area contributed by atoms with Crippen LogP contribution in [0.15, 0.2) is 129 Å². The number of hydrogen-bond acceptors (Lipinski definition) is 11. The number of amidine groups is 3. The van der Waals surface area contributed by atoms with Crippen molar-refractivity contribution in [2.24, 2.45) is 20.0 Å². The lowest BCUT2D eigenvalue weighted by Gasteiger charge is -2.32. The van der Waals surface area contributed by atoms with Crippen LogP contribution in [0.25, 0.3) is 0 Å². The number of guanidine groups is 1. The third kappa shape index (κ3) is 6.38. The molecule has 4 aromatic rings. The molecule has 9 rings (SSSR count). The number of aromatic nitrogens is 2. The molecule has 11 nitrogen and oxygen atoms in total. The Morgan fingerprint density at radius 1 is 0.529 bits per heavy atom. The van der Waals surface area contributed by atoms with E-state index in [9.17, 15) is 0 Å². The lowest BCUT2D eigenvalue weighted by molar-refractivity contribution is 0.578. The molecular weight excluding hydrogens is 635 g/mol. The van der Waals surface area contributed by atoms with Crippen molar-refractivity contribution in [3.63, 3.8) is 0 Å². The number of nitrogens with one attached hydrogen (secondary N) is 2. The summed E-state index contributed by atoms with van der Waals surface area (Å²) in [6.45, 7) is 4.23. The molecule has 0 aliphatic carbocycles. The van der Waals surface area contributed by atoms with Gasteiger partial charge in [-0.1, -0.05) is 6.08 Å². The minimum absolute atomic E-state index is 0.528. The smallest absolute Gasteiger partial charge is 0.241 e. The standard InChI is InChI=1S/C40H39N11/c1-3-22-49(23-4-1)30-10-12-32(34(26-30)43-28-14-18-41-19-15-28)38-45-36-8-7-9-37-46-39(48-40(47-38)51(36)37)33-13-11-31(50-24-5-2-6-25-50)27-35(33)44-29-16-20-42-21-17-29/h7-21,26-27H,1-6,22-25H2,(H,41,43)(H,42,44). The first-order valence-electron chi connectivity index (χ1n) is 17.9. The van der Waals surface area contributed by atoms with Gasteiger partial charge in [0.25, 0.3) is 0 Å². The fraction of sp³-hybridized carbons (Fsp3) is 0.250. The van der Waals surface area contributed by atoms with Gasteiger partial charge in [-0.05, 0) is 111 Å². The zero-order chi connectivity index (χ0) is 34.0. The van der Waals surface area contributed by atoms with Gasteiger partial charge in [0.15, 0.2) is 11.7 Å². The van der Waals surface area contributed by atoms with E-state index < -0.39 is 0 Å². The number of pyridine rings is 2. The van der Waals surface area contributed by atoms with Crippen molar-refractivity contribution in [3.05, 3.63) is 121 Å². The number of rotatable bonds is 8. The predicted octanol–water partition coefficient (Wildman–Crippen LogP) is 7.63. The molecule has 0 amide bonds. The Bertz CT molecular complexity index is 2010. The maximum atomic E-state index is 5.13. The normalized spacial score (nSPS) is 18.2. The third-order valence-corrected chi connectivity index (χ3v) is 9.85. The van der Waals surface area contributed by atoms with Gasteiger partial charge in [-0.3, -0.25) is 9.97 Å². The van der Waals surface area contributed by atoms with Gasteiger partial charge in [0, 0.05) is 84.8 Å². The van der Waals surface area contributed by atoms with Crippen LogP contribution in [0.3, 0.4) is 0 Å². The Morgan fingerprint density at radius 2 is 1.06 bits per heavy atom. The number of allylic oxidation sites excluding steroid dienone is 2. The molecule has 5 aliphatic heterocycles. The van der Waals surface area contributed by atoms with Gasteiger partial charge in [-0.15, -0.1) is 0 Å². The van der Waals surface area contributed by atoms with Crippen molar-refractivity contribution in [1.29, 1.82) is 0 Å². The molecule has 2 N–H and O–H groups in total. The van der Waals surface area contributed by atoms with Crippen LogP contribution in [0, 0.1) is 0 Å². The highest BCUT2D eigenvalue weighted by molar-refractivity contribution is 6.26. The fourth-order valence-corrected chi connectivity index (χ4v) is 7.23. The number of anilines is 6. The molecule has 2 fully saturated rings. The van der Waals surface area contributed by atoms with Crippen molar-refractivity contribution in [3.8, 4) is 0 Å². The van der Waals surface area contributed by atoms with E-state index >= 15 is 0 Å². The van der Waals surface area contributed by atoms with E-state index in [-0.39, 0.29) is 0 Å². The lowest BCUT2D eigenvalue weighted by atomic mass is 10.1. The number of aliphatic imine (C=N–C) groups is 4. The largest absolute Gasteiger partial charge is 0.371 e. The van der Waals surface area contributed by atoms with E-state index in [1.54, 1.807) is 24.8 Å². The van der Waals surface area contributed by atoms with Crippen LogP contribution in [0.5, 0.6) is 0 Å². The highest BCUT2D eigenvalue weighted by Crippen LogP contribution is 2.34. The Morgan fingerprint density at radius 3 is 1.61 bits per heavy atom. The van der Waals surface area contributed by atoms with Crippen LogP contribution in [-0.2, 0) is 0 Å². The van der Waals surface area contributed by atoms with Crippen LogP contribution in [0.2, 0.25) is 0 Å². The van der Waals surface area contributed by atoms with E-state index in [2.05, 4.69) is 66.8 Å². The molecule has 2 saturated heterocycles. The molecular formula is C40H39N11. The van der Waals surface area contributed by atoms with Crippen LogP contribution >= 0.6 is 0 Å². The Kier molecular flexibility index (Phi) is 8.28. The zero-order valence-corrected chi connectivity index (χ0v) is 28.4. The Hall–Kier alpha value is -6.10. The number of hydrogen-bond donors (Lipinski definition) is 2. The molecule has 0 unspecified atom stereocenters. The Labute approximate surface area is 297 Å². The first-order chi connectivity index (χ1) is 25.2. The average Bonchev–Trinajstić information content (AvgIpc) is 3.19. The minimum atomic E-state index is 0.528. The van der Waals surface area contributed by atoms with Crippen molar-refractivity contribution in [2.45, 2.75) is 38.5 Å². The summed E-state index contributed by atoms with van der Waals surface area (Å²) in [5, 5.41) is 7.27. The molecule has 0 atom stereocenters. The van der Waals surface area contributed by atoms with Gasteiger partial charge < -0.3 is 20.4 Å². The summed E-state index contributed by atoms with van der Waals surface area (Å²) in [6, 6.07) is 20.9. The van der Waals surface area contributed by atoms with Crippen molar-refractivity contribution < 1.29 is 0 Å². The quantitative estimate of drug-likeness (QED) is 0.198. The molecule has 2 aromatic carbocycles. The number of piperidine rings is 2. The number of nitrogens with zero attached hydrogens (tertiary/aromatic N) is 9. The van der Waals surface area contributed by atoms with E-state index in [0.717, 1.165) is 71.7 Å². The van der Waals surface area contributed by atoms with Crippen molar-refractivity contribution >= 4 is 57.6 Å². The molecule has 11 heteroatoms. The summed E-state index contributed by atoms with van der Waals surface area (Å²) >= 11 is 0. The maximum absolute atomic E-state index is 5.13. The predicted molar refractivity (Wildman–Crippen MR) is 207 cm³/mol. The summed E-state index contributed by atoms with van der Waals surface area (Å²) < 4.78 is 0. The minimum Gasteiger partial charge on any atom is -0.371 e. The first-order valence-corrected chi connectivity index (χ1v) is 17.9. The molecule has 5 aliphatic rings. The summed E-state index contributed by atoms with van der Waals surface area (Å²) in [5.41, 5.74) is 7.91. The summed E-state index contributed by atoms with van der Waals surface area (Å²) in [4.78, 5) is 35.6. The molecule has 254 valence electrons. The highest BCUT2D eigenvalue weighted by atomic mass is 15.4. The second-order valence-electron chi connectivity index (χ2n) is 13.2. The second kappa shape index (κ2) is 13.7. The maximum Gasteiger partial charge on any atom is 0.241 e. The van der Waals surface area contributed by atoms with Crippen molar-refractivity contribution in [2.75, 3.05) is 46.6 Å². The van der Waals surface area contributed by atoms with Gasteiger partial charge >= 0.3 is 0 Å². The summed E-state index contributed by atoms with van der Waals surface area (Å²) in [5.74, 6) is 3.16. The molecule has 7 heterocycles. The van der Waals surface area contributed by atoms with Gasteiger partial charge in [0.05, 0.1) is 11.4 Å². The molecule has 0 spiro atoms. The van der Waals surface area contributed by atoms with E-state index in [1.165, 1.54) is 49.9 Å². The van der Waals surface area contributed by atoms with Crippen LogP contribution in [-0.4, -0.2) is 64.5 Å². The second-order valence-corrected chi connectivity index (χ2v) is 13.2. The lowest BCUT2D eigenvalue weighted by Crippen LogP contribution is -2.41. The van der Waals surface area contributed by atoms with Crippen molar-refractivity contribution in [1.82, 2.24) is 14.9 Å². The van der Waals surface area contributed by atoms with Gasteiger partial charge in [0.1, 0.15) is 11.7 Å². The monoisotopic (exact) mass is 673 g/mol. The van der Waals surface area contributed by atoms with Crippen LogP contribution in [0.1, 0.15) is 49.7 Å². The van der Waals surface area contributed by atoms with E-state index in [1.807, 2.05) is 47.4 Å². The zero-order valence-electron chi connectivity index (χ0n) is 28.4. The van der Waals surface area contributed by atoms with Gasteiger partial charge in [-0.25, -0.2) is 14.9 Å². The Balaban J connectivity index is 1.12. The summed E-state index contributed by atoms with van der Waals surface area (Å²) in [7, 11) is 0. The average molecular weight is 674 g/mol. The topological polar surface area (TPSA) is 109 Å². The van der Waals surface area contributed by atoms with Gasteiger partial charge in [0.2, 0.25) is 5.96 Å². The SMILES string of the molecule is C1=CC2=NC(c3ccc(N4CCCCC4)cc3Nc3ccncc3)=NC3=NC(c4ccc(N5CCCCC5)cc4Nc4ccncc4)=NC(=C1)N23. The van der Waals surface area contributed by atoms with Crippen LogP contribution < -0.4 is 20.4 Å². The first kappa shape index (κ1) is 30.9. The molecule has 0 bridgehead atoms. The van der Waals surface area contributed by atoms with Gasteiger partial charge in [-0.2, -0.15) is 9.98 Å². The van der Waals surface area contributed by atoms with Crippen LogP contribution in [0.4, 0.5) is 34.1 Å². The van der Waals surface area contributed by atoms with E-state index in [0.29, 0.717) is 17.6 Å². The number of benzene rings is 2. The molecule has 2 aromatic heterocycles.